The Morgan fingerprint density at radius 3 is 2.65 bits per heavy atom. The minimum Gasteiger partial charge on any atom is -0.493 e. The minimum atomic E-state index is -0.357. The van der Waals surface area contributed by atoms with Gasteiger partial charge < -0.3 is 14.8 Å². The molecular formula is C30H28BrClN4O4. The summed E-state index contributed by atoms with van der Waals surface area (Å²) in [6.07, 6.45) is 6.84. The normalized spacial score (nSPS) is 14.0. The first-order valence-electron chi connectivity index (χ1n) is 13.0. The zero-order valence-electron chi connectivity index (χ0n) is 21.9. The van der Waals surface area contributed by atoms with Gasteiger partial charge in [-0.05, 0) is 61.4 Å². The van der Waals surface area contributed by atoms with Crippen LogP contribution >= 0.6 is 27.5 Å². The van der Waals surface area contributed by atoms with Crippen molar-refractivity contribution in [2.45, 2.75) is 38.0 Å². The van der Waals surface area contributed by atoms with E-state index in [1.165, 1.54) is 18.2 Å². The third-order valence-electron chi connectivity index (χ3n) is 6.81. The maximum absolute atomic E-state index is 13.6. The highest BCUT2D eigenvalue weighted by molar-refractivity contribution is 9.10. The third kappa shape index (κ3) is 6.37. The van der Waals surface area contributed by atoms with Gasteiger partial charge in [0, 0.05) is 26.7 Å². The van der Waals surface area contributed by atoms with Crippen LogP contribution in [0.1, 0.15) is 49.4 Å². The van der Waals surface area contributed by atoms with E-state index in [4.69, 9.17) is 26.1 Å². The molecule has 1 fully saturated rings. The molecule has 1 aliphatic rings. The summed E-state index contributed by atoms with van der Waals surface area (Å²) in [5, 5.41) is 8.48. The number of rotatable bonds is 8. The van der Waals surface area contributed by atoms with Crippen molar-refractivity contribution < 1.29 is 14.3 Å². The molecule has 0 unspecified atom stereocenters. The highest BCUT2D eigenvalue weighted by Gasteiger charge is 2.22. The molecule has 206 valence electrons. The van der Waals surface area contributed by atoms with Crippen molar-refractivity contribution in [3.63, 3.8) is 0 Å². The van der Waals surface area contributed by atoms with Crippen LogP contribution in [0.25, 0.3) is 10.9 Å². The number of hydrogen-bond acceptors (Lipinski definition) is 6. The number of halogens is 2. The second kappa shape index (κ2) is 12.7. The number of para-hydroxylation sites is 1. The molecule has 1 heterocycles. The first-order valence-corrected chi connectivity index (χ1v) is 14.2. The predicted octanol–water partition coefficient (Wildman–Crippen LogP) is 6.77. The summed E-state index contributed by atoms with van der Waals surface area (Å²) in [4.78, 5) is 31.1. The standard InChI is InChI=1S/C30H28BrClN4O4/c1-39-26-16-21(31)15-20(28(26)40-18-27(37)34-23-13-11-22(32)12-14-23)17-33-36-29(19-7-3-2-4-8-19)35-25-10-6-5-9-24(25)30(36)38/h5-6,9-17,19H,2-4,7-8,18H2,1H3,(H,34,37). The largest absolute Gasteiger partial charge is 0.493 e. The predicted molar refractivity (Wildman–Crippen MR) is 161 cm³/mol. The number of ether oxygens (including phenoxy) is 2. The van der Waals surface area contributed by atoms with Gasteiger partial charge in [-0.25, -0.2) is 4.98 Å². The number of hydrogen-bond donors (Lipinski definition) is 1. The molecule has 1 N–H and O–H groups in total. The van der Waals surface area contributed by atoms with Crippen LogP contribution in [-0.4, -0.2) is 35.5 Å². The first kappa shape index (κ1) is 27.9. The Kier molecular flexibility index (Phi) is 8.81. The van der Waals surface area contributed by atoms with E-state index >= 15 is 0 Å². The number of anilines is 1. The molecule has 0 bridgehead atoms. The number of fused-ring (bicyclic) bond motifs is 1. The number of aromatic nitrogens is 2. The van der Waals surface area contributed by atoms with Gasteiger partial charge in [-0.2, -0.15) is 9.78 Å². The maximum Gasteiger partial charge on any atom is 0.282 e. The molecule has 0 spiro atoms. The second-order valence-electron chi connectivity index (χ2n) is 9.55. The lowest BCUT2D eigenvalue weighted by atomic mass is 9.88. The molecule has 5 rings (SSSR count). The monoisotopic (exact) mass is 622 g/mol. The van der Waals surface area contributed by atoms with Gasteiger partial charge in [-0.3, -0.25) is 9.59 Å². The minimum absolute atomic E-state index is 0.146. The summed E-state index contributed by atoms with van der Waals surface area (Å²) >= 11 is 9.43. The Morgan fingerprint density at radius 1 is 1.15 bits per heavy atom. The Labute approximate surface area is 245 Å². The zero-order valence-corrected chi connectivity index (χ0v) is 24.2. The highest BCUT2D eigenvalue weighted by atomic mass is 79.9. The van der Waals surface area contributed by atoms with Crippen LogP contribution in [0.3, 0.4) is 0 Å². The van der Waals surface area contributed by atoms with Gasteiger partial charge in [-0.1, -0.05) is 58.9 Å². The van der Waals surface area contributed by atoms with Crippen molar-refractivity contribution in [2.75, 3.05) is 19.0 Å². The van der Waals surface area contributed by atoms with Gasteiger partial charge >= 0.3 is 0 Å². The summed E-state index contributed by atoms with van der Waals surface area (Å²) in [6.45, 7) is -0.272. The van der Waals surface area contributed by atoms with Crippen molar-refractivity contribution in [1.29, 1.82) is 0 Å². The fraction of sp³-hybridized carbons (Fsp3) is 0.267. The van der Waals surface area contributed by atoms with Gasteiger partial charge in [0.2, 0.25) is 0 Å². The van der Waals surface area contributed by atoms with Crippen LogP contribution in [0.2, 0.25) is 5.02 Å². The average molecular weight is 624 g/mol. The molecule has 3 aromatic carbocycles. The number of carbonyl (C=O) groups excluding carboxylic acids is 1. The average Bonchev–Trinajstić information content (AvgIpc) is 2.97. The maximum atomic E-state index is 13.6. The van der Waals surface area contributed by atoms with E-state index in [0.717, 1.165) is 30.2 Å². The fourth-order valence-electron chi connectivity index (χ4n) is 4.86. The lowest BCUT2D eigenvalue weighted by Crippen LogP contribution is -2.25. The lowest BCUT2D eigenvalue weighted by Gasteiger charge is -2.22. The number of nitrogens with one attached hydrogen (secondary N) is 1. The van der Waals surface area contributed by atoms with Gasteiger partial charge in [0.15, 0.2) is 18.1 Å². The van der Waals surface area contributed by atoms with Gasteiger partial charge in [0.05, 0.1) is 24.2 Å². The first-order chi connectivity index (χ1) is 19.4. The summed E-state index contributed by atoms with van der Waals surface area (Å²) in [5.74, 6) is 1.18. The lowest BCUT2D eigenvalue weighted by molar-refractivity contribution is -0.118. The number of amides is 1. The molecule has 0 atom stereocenters. The third-order valence-corrected chi connectivity index (χ3v) is 7.52. The fourth-order valence-corrected chi connectivity index (χ4v) is 5.44. The van der Waals surface area contributed by atoms with E-state index in [-0.39, 0.29) is 24.0 Å². The Hall–Kier alpha value is -3.69. The second-order valence-corrected chi connectivity index (χ2v) is 10.9. The van der Waals surface area contributed by atoms with E-state index < -0.39 is 0 Å². The summed E-state index contributed by atoms with van der Waals surface area (Å²) < 4.78 is 13.6. The van der Waals surface area contributed by atoms with E-state index in [2.05, 4.69) is 26.3 Å². The van der Waals surface area contributed by atoms with Gasteiger partial charge in [0.25, 0.3) is 11.5 Å². The molecule has 40 heavy (non-hydrogen) atoms. The van der Waals surface area contributed by atoms with Crippen molar-refractivity contribution in [2.24, 2.45) is 5.10 Å². The van der Waals surface area contributed by atoms with Gasteiger partial charge in [-0.15, -0.1) is 0 Å². The zero-order chi connectivity index (χ0) is 28.1. The summed E-state index contributed by atoms with van der Waals surface area (Å²) in [7, 11) is 1.52. The van der Waals surface area contributed by atoms with Crippen molar-refractivity contribution in [1.82, 2.24) is 9.66 Å². The highest BCUT2D eigenvalue weighted by Crippen LogP contribution is 2.35. The molecule has 0 aliphatic heterocycles. The van der Waals surface area contributed by atoms with Crippen LogP contribution in [0, 0.1) is 0 Å². The van der Waals surface area contributed by atoms with Crippen LogP contribution in [0.5, 0.6) is 11.5 Å². The molecule has 10 heteroatoms. The van der Waals surface area contributed by atoms with Crippen LogP contribution in [0.15, 0.2) is 75.0 Å². The Balaban J connectivity index is 1.48. The Morgan fingerprint density at radius 2 is 1.90 bits per heavy atom. The van der Waals surface area contributed by atoms with E-state index in [1.807, 2.05) is 18.2 Å². The number of methoxy groups -OCH3 is 1. The topological polar surface area (TPSA) is 94.8 Å². The summed E-state index contributed by atoms with van der Waals surface area (Å²) in [6, 6.07) is 17.6. The molecular weight excluding hydrogens is 596 g/mol. The van der Waals surface area contributed by atoms with Crippen LogP contribution in [0.4, 0.5) is 5.69 Å². The molecule has 1 saturated carbocycles. The van der Waals surface area contributed by atoms with Gasteiger partial charge in [0.1, 0.15) is 5.82 Å². The molecule has 0 saturated heterocycles. The number of carbonyl (C=O) groups is 1. The molecule has 8 nitrogen and oxygen atoms in total. The number of nitrogens with zero attached hydrogens (tertiary/aromatic N) is 3. The van der Waals surface area contributed by atoms with Crippen molar-refractivity contribution in [3.8, 4) is 11.5 Å². The van der Waals surface area contributed by atoms with E-state index in [9.17, 15) is 9.59 Å². The van der Waals surface area contributed by atoms with Crippen LogP contribution < -0.4 is 20.3 Å². The van der Waals surface area contributed by atoms with E-state index in [0.29, 0.717) is 44.5 Å². The summed E-state index contributed by atoms with van der Waals surface area (Å²) in [5.41, 5.74) is 1.56. The Bertz CT molecular complexity index is 1620. The SMILES string of the molecule is COc1cc(Br)cc(C=Nn2c(C3CCCCC3)nc3ccccc3c2=O)c1OCC(=O)Nc1ccc(Cl)cc1. The molecule has 1 amide bonds. The molecule has 1 aliphatic carbocycles. The number of benzene rings is 3. The van der Waals surface area contributed by atoms with Crippen molar-refractivity contribution in [3.05, 3.63) is 91.9 Å². The molecule has 4 aromatic rings. The molecule has 0 radical (unpaired) electrons. The quantitative estimate of drug-likeness (QED) is 0.219. The smallest absolute Gasteiger partial charge is 0.282 e. The van der Waals surface area contributed by atoms with E-state index in [1.54, 1.807) is 48.7 Å². The van der Waals surface area contributed by atoms with Crippen molar-refractivity contribution >= 4 is 56.2 Å². The molecule has 1 aromatic heterocycles. The van der Waals surface area contributed by atoms with Crippen LogP contribution in [-0.2, 0) is 4.79 Å².